The van der Waals surface area contributed by atoms with Crippen molar-refractivity contribution in [3.05, 3.63) is 28.2 Å². The zero-order valence-corrected chi connectivity index (χ0v) is 11.0. The molecule has 0 heterocycles. The zero-order valence-electron chi connectivity index (χ0n) is 9.45. The molecule has 0 aromatic heterocycles. The number of aliphatic hydroxyl groups is 1. The van der Waals surface area contributed by atoms with Gasteiger partial charge >= 0.3 is 0 Å². The van der Waals surface area contributed by atoms with Gasteiger partial charge in [-0.2, -0.15) is 0 Å². The topological polar surface area (TPSA) is 29.5 Å². The van der Waals surface area contributed by atoms with Crippen LogP contribution in [0, 0.1) is 5.92 Å². The van der Waals surface area contributed by atoms with Gasteiger partial charge in [0.05, 0.1) is 17.2 Å². The van der Waals surface area contributed by atoms with Gasteiger partial charge in [-0.15, -0.1) is 0 Å². The van der Waals surface area contributed by atoms with E-state index in [4.69, 9.17) is 4.74 Å². The van der Waals surface area contributed by atoms with E-state index in [2.05, 4.69) is 15.9 Å². The molecule has 1 unspecified atom stereocenters. The van der Waals surface area contributed by atoms with E-state index in [-0.39, 0.29) is 6.10 Å². The minimum absolute atomic E-state index is 0.319. The third-order valence-electron chi connectivity index (χ3n) is 3.19. The molecule has 0 spiro atoms. The number of hydrogen-bond donors (Lipinski definition) is 1. The molecule has 1 N–H and O–H groups in total. The van der Waals surface area contributed by atoms with Gasteiger partial charge in [-0.1, -0.05) is 12.5 Å². The molecule has 0 saturated heterocycles. The average molecular weight is 285 g/mol. The van der Waals surface area contributed by atoms with Gasteiger partial charge in [0.25, 0.3) is 0 Å². The second kappa shape index (κ2) is 5.19. The normalized spacial score (nSPS) is 17.9. The summed E-state index contributed by atoms with van der Waals surface area (Å²) in [5, 5.41) is 10.1. The van der Waals surface area contributed by atoms with Crippen LogP contribution in [-0.2, 0) is 0 Å². The summed E-state index contributed by atoms with van der Waals surface area (Å²) in [6, 6.07) is 5.84. The maximum absolute atomic E-state index is 10.1. The summed E-state index contributed by atoms with van der Waals surface area (Å²) in [5.74, 6) is 1.29. The number of ether oxygens (including phenoxy) is 1. The molecule has 1 aliphatic carbocycles. The van der Waals surface area contributed by atoms with E-state index in [0.717, 1.165) is 28.6 Å². The maximum atomic E-state index is 10.1. The summed E-state index contributed by atoms with van der Waals surface area (Å²) in [7, 11) is 0. The highest BCUT2D eigenvalue weighted by Crippen LogP contribution is 2.39. The second-order valence-corrected chi connectivity index (χ2v) is 5.11. The molecular weight excluding hydrogens is 268 g/mol. The third kappa shape index (κ3) is 2.41. The molecule has 0 radical (unpaired) electrons. The summed E-state index contributed by atoms with van der Waals surface area (Å²) < 4.78 is 6.37. The molecule has 1 aromatic carbocycles. The Morgan fingerprint density at radius 2 is 2.25 bits per heavy atom. The van der Waals surface area contributed by atoms with Crippen molar-refractivity contribution in [2.75, 3.05) is 6.61 Å². The van der Waals surface area contributed by atoms with Gasteiger partial charge in [0.2, 0.25) is 0 Å². The quantitative estimate of drug-likeness (QED) is 0.914. The lowest BCUT2D eigenvalue weighted by atomic mass is 9.79. The van der Waals surface area contributed by atoms with E-state index < -0.39 is 0 Å². The lowest BCUT2D eigenvalue weighted by molar-refractivity contribution is 0.0620. The van der Waals surface area contributed by atoms with Crippen molar-refractivity contribution in [1.29, 1.82) is 0 Å². The maximum Gasteiger partial charge on any atom is 0.133 e. The predicted octanol–water partition coefficient (Wildman–Crippen LogP) is 3.68. The number of aliphatic hydroxyl groups excluding tert-OH is 1. The fourth-order valence-electron chi connectivity index (χ4n) is 2.00. The van der Waals surface area contributed by atoms with E-state index in [9.17, 15) is 5.11 Å². The zero-order chi connectivity index (χ0) is 11.5. The molecule has 1 atom stereocenters. The van der Waals surface area contributed by atoms with Crippen molar-refractivity contribution in [2.24, 2.45) is 5.92 Å². The first-order valence-corrected chi connectivity index (χ1v) is 6.62. The van der Waals surface area contributed by atoms with E-state index in [0.29, 0.717) is 12.5 Å². The predicted molar refractivity (Wildman–Crippen MR) is 67.6 cm³/mol. The molecule has 2 nitrogen and oxygen atoms in total. The van der Waals surface area contributed by atoms with Gasteiger partial charge in [0.15, 0.2) is 0 Å². The van der Waals surface area contributed by atoms with Crippen LogP contribution in [0.15, 0.2) is 22.7 Å². The largest absolute Gasteiger partial charge is 0.493 e. The Hall–Kier alpha value is -0.540. The summed E-state index contributed by atoms with van der Waals surface area (Å²) in [5.41, 5.74) is 0.986. The van der Waals surface area contributed by atoms with E-state index >= 15 is 0 Å². The average Bonchev–Trinajstić information content (AvgIpc) is 2.18. The molecule has 0 aliphatic heterocycles. The molecule has 1 saturated carbocycles. The molecule has 0 amide bonds. The highest BCUT2D eigenvalue weighted by Gasteiger charge is 2.26. The van der Waals surface area contributed by atoms with Crippen molar-refractivity contribution in [3.8, 4) is 5.75 Å². The number of halogens is 1. The van der Waals surface area contributed by atoms with Crippen LogP contribution in [0.5, 0.6) is 5.75 Å². The monoisotopic (exact) mass is 284 g/mol. The van der Waals surface area contributed by atoms with Crippen molar-refractivity contribution in [3.63, 3.8) is 0 Å². The Balaban J connectivity index is 2.13. The van der Waals surface area contributed by atoms with E-state index in [1.165, 1.54) is 6.42 Å². The molecule has 2 rings (SSSR count). The Morgan fingerprint density at radius 3 is 2.75 bits per heavy atom. The van der Waals surface area contributed by atoms with Gasteiger partial charge in [0, 0.05) is 0 Å². The number of benzene rings is 1. The molecule has 88 valence electrons. The summed E-state index contributed by atoms with van der Waals surface area (Å²) in [4.78, 5) is 0. The summed E-state index contributed by atoms with van der Waals surface area (Å²) in [6.07, 6.45) is 3.22. The van der Waals surface area contributed by atoms with Crippen molar-refractivity contribution < 1.29 is 9.84 Å². The van der Waals surface area contributed by atoms with Gasteiger partial charge in [-0.25, -0.2) is 0 Å². The Bertz CT molecular complexity index is 361. The third-order valence-corrected chi connectivity index (χ3v) is 3.81. The molecule has 1 fully saturated rings. The smallest absolute Gasteiger partial charge is 0.133 e. The van der Waals surface area contributed by atoms with Crippen LogP contribution < -0.4 is 4.74 Å². The first-order valence-electron chi connectivity index (χ1n) is 5.82. The van der Waals surface area contributed by atoms with E-state index in [1.807, 2.05) is 25.1 Å². The molecule has 1 aliphatic rings. The van der Waals surface area contributed by atoms with Crippen LogP contribution in [0.25, 0.3) is 0 Å². The summed E-state index contributed by atoms with van der Waals surface area (Å²) in [6.45, 7) is 2.62. The van der Waals surface area contributed by atoms with Crippen LogP contribution in [0.1, 0.15) is 37.9 Å². The standard InChI is InChI=1S/C13H17BrO2/c1-2-16-12-7-6-10(8-11(12)14)13(15)9-4-3-5-9/h6-9,13,15H,2-5H2,1H3. The number of hydrogen-bond acceptors (Lipinski definition) is 2. The minimum Gasteiger partial charge on any atom is -0.493 e. The first-order chi connectivity index (χ1) is 7.72. The van der Waals surface area contributed by atoms with Crippen LogP contribution in [-0.4, -0.2) is 11.7 Å². The van der Waals surface area contributed by atoms with Gasteiger partial charge in [-0.3, -0.25) is 0 Å². The van der Waals surface area contributed by atoms with Crippen molar-refractivity contribution in [2.45, 2.75) is 32.3 Å². The van der Waals surface area contributed by atoms with Gasteiger partial charge in [0.1, 0.15) is 5.75 Å². The minimum atomic E-state index is -0.319. The fourth-order valence-corrected chi connectivity index (χ4v) is 2.51. The Morgan fingerprint density at radius 1 is 1.50 bits per heavy atom. The number of rotatable bonds is 4. The van der Waals surface area contributed by atoms with Crippen LogP contribution >= 0.6 is 15.9 Å². The lowest BCUT2D eigenvalue weighted by Gasteiger charge is -2.30. The summed E-state index contributed by atoms with van der Waals surface area (Å²) >= 11 is 3.47. The van der Waals surface area contributed by atoms with Crippen LogP contribution in [0.3, 0.4) is 0 Å². The lowest BCUT2D eigenvalue weighted by Crippen LogP contribution is -2.19. The fraction of sp³-hybridized carbons (Fsp3) is 0.538. The molecule has 1 aromatic rings. The van der Waals surface area contributed by atoms with Gasteiger partial charge in [-0.05, 0) is 59.3 Å². The SMILES string of the molecule is CCOc1ccc(C(O)C2CCC2)cc1Br. The van der Waals surface area contributed by atoms with Crippen LogP contribution in [0.4, 0.5) is 0 Å². The Labute approximate surface area is 105 Å². The van der Waals surface area contributed by atoms with Gasteiger partial charge < -0.3 is 9.84 Å². The van der Waals surface area contributed by atoms with Crippen molar-refractivity contribution in [1.82, 2.24) is 0 Å². The van der Waals surface area contributed by atoms with Crippen molar-refractivity contribution >= 4 is 15.9 Å². The highest BCUT2D eigenvalue weighted by molar-refractivity contribution is 9.10. The molecular formula is C13H17BrO2. The molecule has 16 heavy (non-hydrogen) atoms. The van der Waals surface area contributed by atoms with E-state index in [1.54, 1.807) is 0 Å². The van der Waals surface area contributed by atoms with Crippen LogP contribution in [0.2, 0.25) is 0 Å². The second-order valence-electron chi connectivity index (χ2n) is 4.26. The molecule has 3 heteroatoms. The molecule has 0 bridgehead atoms. The Kier molecular flexibility index (Phi) is 3.87. The first kappa shape index (κ1) is 11.9. The highest BCUT2D eigenvalue weighted by atomic mass is 79.9.